The van der Waals surface area contributed by atoms with Gasteiger partial charge in [-0.1, -0.05) is 17.7 Å². The molecule has 1 aliphatic rings. The normalized spacial score (nSPS) is 15.8. The average Bonchev–Trinajstić information content (AvgIpc) is 3.33. The smallest absolute Gasteiger partial charge is 0.227 e. The Morgan fingerprint density at radius 1 is 1.09 bits per heavy atom. The van der Waals surface area contributed by atoms with Crippen LogP contribution in [0.4, 0.5) is 11.5 Å². The number of amides is 2. The van der Waals surface area contributed by atoms with Gasteiger partial charge < -0.3 is 15.5 Å². The second-order valence-corrected chi connectivity index (χ2v) is 8.06. The van der Waals surface area contributed by atoms with E-state index in [9.17, 15) is 9.59 Å². The van der Waals surface area contributed by atoms with Gasteiger partial charge in [0.15, 0.2) is 5.82 Å². The summed E-state index contributed by atoms with van der Waals surface area (Å²) in [5, 5.41) is 10.5. The molecule has 1 fully saturated rings. The van der Waals surface area contributed by atoms with Crippen LogP contribution < -0.4 is 15.5 Å². The van der Waals surface area contributed by atoms with E-state index in [1.807, 2.05) is 57.2 Å². The van der Waals surface area contributed by atoms with Crippen LogP contribution in [0.5, 0.6) is 0 Å². The van der Waals surface area contributed by atoms with E-state index in [1.54, 1.807) is 9.58 Å². The first-order chi connectivity index (χ1) is 15.4. The van der Waals surface area contributed by atoms with E-state index in [2.05, 4.69) is 25.7 Å². The largest absolute Gasteiger partial charge is 0.368 e. The predicted molar refractivity (Wildman–Crippen MR) is 122 cm³/mol. The summed E-state index contributed by atoms with van der Waals surface area (Å²) in [6.45, 7) is 7.23. The second kappa shape index (κ2) is 9.17. The summed E-state index contributed by atoms with van der Waals surface area (Å²) in [6.07, 6.45) is 1.71. The summed E-state index contributed by atoms with van der Waals surface area (Å²) < 4.78 is 1.76. The number of nitrogens with one attached hydrogen (secondary N) is 2. The monoisotopic (exact) mass is 433 g/mol. The fourth-order valence-electron chi connectivity index (χ4n) is 3.80. The molecule has 2 aromatic heterocycles. The lowest BCUT2D eigenvalue weighted by Crippen LogP contribution is -2.35. The van der Waals surface area contributed by atoms with Crippen molar-refractivity contribution in [3.8, 4) is 5.82 Å². The standard InChI is InChI=1S/C23H27N7O2/c1-15-4-6-19(7-5-15)29-13-18(11-22(29)31)23(32)25-9-8-24-20-12-21(27-14-26-20)30-17(3)10-16(2)28-30/h4-7,10,12,14,18H,8-9,11,13H2,1-3H3,(H,25,32)(H,24,26,27)/t18-/m0/s1. The van der Waals surface area contributed by atoms with Crippen molar-refractivity contribution in [2.45, 2.75) is 27.2 Å². The average molecular weight is 434 g/mol. The molecular formula is C23H27N7O2. The molecule has 3 aromatic rings. The quantitative estimate of drug-likeness (QED) is 0.554. The van der Waals surface area contributed by atoms with Gasteiger partial charge in [0.1, 0.15) is 12.1 Å². The van der Waals surface area contributed by atoms with Crippen LogP contribution in [0, 0.1) is 26.7 Å². The summed E-state index contributed by atoms with van der Waals surface area (Å²) in [5.74, 6) is 0.849. The molecule has 32 heavy (non-hydrogen) atoms. The third kappa shape index (κ3) is 4.77. The van der Waals surface area contributed by atoms with Crippen molar-refractivity contribution in [3.63, 3.8) is 0 Å². The van der Waals surface area contributed by atoms with E-state index >= 15 is 0 Å². The number of anilines is 2. The minimum absolute atomic E-state index is 0.0233. The van der Waals surface area contributed by atoms with Crippen LogP contribution >= 0.6 is 0 Å². The maximum atomic E-state index is 12.6. The summed E-state index contributed by atoms with van der Waals surface area (Å²) in [4.78, 5) is 35.1. The van der Waals surface area contributed by atoms with Crippen molar-refractivity contribution in [1.29, 1.82) is 0 Å². The molecular weight excluding hydrogens is 406 g/mol. The van der Waals surface area contributed by atoms with Crippen molar-refractivity contribution in [2.24, 2.45) is 5.92 Å². The molecule has 3 heterocycles. The van der Waals surface area contributed by atoms with E-state index < -0.39 is 0 Å². The fourth-order valence-corrected chi connectivity index (χ4v) is 3.80. The molecule has 0 radical (unpaired) electrons. The van der Waals surface area contributed by atoms with Gasteiger partial charge in [0.25, 0.3) is 0 Å². The Bertz CT molecular complexity index is 1120. The molecule has 4 rings (SSSR count). The van der Waals surface area contributed by atoms with E-state index in [4.69, 9.17) is 0 Å². The van der Waals surface area contributed by atoms with Crippen LogP contribution in [0.15, 0.2) is 42.7 Å². The Balaban J connectivity index is 1.27. The van der Waals surface area contributed by atoms with Gasteiger partial charge in [-0.25, -0.2) is 14.6 Å². The second-order valence-electron chi connectivity index (χ2n) is 8.06. The Morgan fingerprint density at radius 3 is 2.59 bits per heavy atom. The van der Waals surface area contributed by atoms with Gasteiger partial charge in [0.05, 0.1) is 11.6 Å². The molecule has 2 N–H and O–H groups in total. The van der Waals surface area contributed by atoms with Crippen LogP contribution in [0.25, 0.3) is 5.82 Å². The fraction of sp³-hybridized carbons (Fsp3) is 0.348. The molecule has 2 amide bonds. The highest BCUT2D eigenvalue weighted by Crippen LogP contribution is 2.25. The highest BCUT2D eigenvalue weighted by Gasteiger charge is 2.34. The van der Waals surface area contributed by atoms with Crippen molar-refractivity contribution in [2.75, 3.05) is 29.9 Å². The topological polar surface area (TPSA) is 105 Å². The number of aromatic nitrogens is 4. The first-order valence-corrected chi connectivity index (χ1v) is 10.6. The third-order valence-electron chi connectivity index (χ3n) is 5.45. The molecule has 9 heteroatoms. The van der Waals surface area contributed by atoms with Gasteiger partial charge in [0, 0.05) is 43.5 Å². The highest BCUT2D eigenvalue weighted by atomic mass is 16.2. The molecule has 0 bridgehead atoms. The number of benzene rings is 1. The maximum absolute atomic E-state index is 12.6. The van der Waals surface area contributed by atoms with E-state index in [-0.39, 0.29) is 24.2 Å². The number of hydrogen-bond acceptors (Lipinski definition) is 6. The molecule has 1 aromatic carbocycles. The first-order valence-electron chi connectivity index (χ1n) is 10.6. The lowest BCUT2D eigenvalue weighted by Gasteiger charge is -2.17. The minimum atomic E-state index is -0.347. The number of carbonyl (C=O) groups excluding carboxylic acids is 2. The summed E-state index contributed by atoms with van der Waals surface area (Å²) >= 11 is 0. The van der Waals surface area contributed by atoms with Crippen molar-refractivity contribution < 1.29 is 9.59 Å². The summed E-state index contributed by atoms with van der Waals surface area (Å²) in [6, 6.07) is 11.6. The van der Waals surface area contributed by atoms with Crippen molar-refractivity contribution in [3.05, 3.63) is 59.7 Å². The van der Waals surface area contributed by atoms with Crippen LogP contribution in [-0.4, -0.2) is 51.2 Å². The van der Waals surface area contributed by atoms with Gasteiger partial charge in [-0.3, -0.25) is 9.59 Å². The SMILES string of the molecule is Cc1ccc(N2C[C@@H](C(=O)NCCNc3cc(-n4nc(C)cc4C)ncn3)CC2=O)cc1. The number of nitrogens with zero attached hydrogens (tertiary/aromatic N) is 5. The molecule has 166 valence electrons. The third-order valence-corrected chi connectivity index (χ3v) is 5.45. The lowest BCUT2D eigenvalue weighted by molar-refractivity contribution is -0.126. The lowest BCUT2D eigenvalue weighted by atomic mass is 10.1. The van der Waals surface area contributed by atoms with Crippen LogP contribution in [0.3, 0.4) is 0 Å². The molecule has 1 saturated heterocycles. The van der Waals surface area contributed by atoms with Gasteiger partial charge >= 0.3 is 0 Å². The molecule has 0 unspecified atom stereocenters. The van der Waals surface area contributed by atoms with Gasteiger partial charge in [0.2, 0.25) is 11.8 Å². The highest BCUT2D eigenvalue weighted by molar-refractivity contribution is 6.00. The first kappa shape index (κ1) is 21.5. The van der Waals surface area contributed by atoms with Crippen LogP contribution in [0.2, 0.25) is 0 Å². The van der Waals surface area contributed by atoms with E-state index in [1.165, 1.54) is 6.33 Å². The Hall–Kier alpha value is -3.75. The van der Waals surface area contributed by atoms with Gasteiger partial charge in [-0.05, 0) is 39.0 Å². The maximum Gasteiger partial charge on any atom is 0.227 e. The molecule has 1 aliphatic heterocycles. The number of hydrogen-bond donors (Lipinski definition) is 2. The van der Waals surface area contributed by atoms with Crippen molar-refractivity contribution in [1.82, 2.24) is 25.1 Å². The zero-order valence-corrected chi connectivity index (χ0v) is 18.5. The number of aryl methyl sites for hydroxylation is 3. The van der Waals surface area contributed by atoms with Crippen molar-refractivity contribution >= 4 is 23.3 Å². The molecule has 0 saturated carbocycles. The van der Waals surface area contributed by atoms with E-state index in [0.717, 1.165) is 22.6 Å². The predicted octanol–water partition coefficient (Wildman–Crippen LogP) is 2.17. The summed E-state index contributed by atoms with van der Waals surface area (Å²) in [5.41, 5.74) is 3.88. The Kier molecular flexibility index (Phi) is 6.16. The van der Waals surface area contributed by atoms with E-state index in [0.29, 0.717) is 31.3 Å². The zero-order valence-electron chi connectivity index (χ0n) is 18.5. The molecule has 0 aliphatic carbocycles. The minimum Gasteiger partial charge on any atom is -0.368 e. The number of carbonyl (C=O) groups is 2. The van der Waals surface area contributed by atoms with Gasteiger partial charge in [-0.15, -0.1) is 0 Å². The van der Waals surface area contributed by atoms with Gasteiger partial charge in [-0.2, -0.15) is 5.10 Å². The summed E-state index contributed by atoms with van der Waals surface area (Å²) in [7, 11) is 0. The molecule has 1 atom stereocenters. The van der Waals surface area contributed by atoms with Crippen LogP contribution in [0.1, 0.15) is 23.4 Å². The molecule has 0 spiro atoms. The Labute approximate surface area is 186 Å². The number of rotatable bonds is 7. The zero-order chi connectivity index (χ0) is 22.7. The van der Waals surface area contributed by atoms with Crippen LogP contribution in [-0.2, 0) is 9.59 Å². The Morgan fingerprint density at radius 2 is 1.88 bits per heavy atom. The molecule has 9 nitrogen and oxygen atoms in total.